The summed E-state index contributed by atoms with van der Waals surface area (Å²) in [6, 6.07) is -3.22. The zero-order valence-electron chi connectivity index (χ0n) is 26.2. The van der Waals surface area contributed by atoms with E-state index < -0.39 is 41.9 Å². The normalized spacial score (nSPS) is 14.5. The molecule has 0 aliphatic heterocycles. The molecule has 0 bridgehead atoms. The van der Waals surface area contributed by atoms with E-state index in [4.69, 9.17) is 5.73 Å². The third-order valence-electron chi connectivity index (χ3n) is 7.05. The Morgan fingerprint density at radius 1 is 0.692 bits per heavy atom. The molecule has 226 valence electrons. The molecule has 0 unspecified atom stereocenters. The number of nitrogens with two attached hydrogens (primary N) is 1. The number of amides is 5. The Bertz CT molecular complexity index is 829. The molecular formula is C29H55N5O5. The Kier molecular flexibility index (Phi) is 16.0. The van der Waals surface area contributed by atoms with Gasteiger partial charge in [0.05, 0.1) is 0 Å². The third kappa shape index (κ3) is 11.2. The van der Waals surface area contributed by atoms with Gasteiger partial charge in [-0.15, -0.1) is 0 Å². The number of primary amides is 1. The number of rotatable bonds is 17. The van der Waals surface area contributed by atoms with Crippen molar-refractivity contribution in [2.24, 2.45) is 23.5 Å². The van der Waals surface area contributed by atoms with Crippen LogP contribution in [0, 0.1) is 17.8 Å². The molecular weight excluding hydrogens is 498 g/mol. The van der Waals surface area contributed by atoms with Gasteiger partial charge in [-0.1, -0.05) is 61.8 Å². The summed E-state index contributed by atoms with van der Waals surface area (Å²) in [7, 11) is 4.75. The number of nitrogens with one attached hydrogen (secondary N) is 1. The van der Waals surface area contributed by atoms with Crippen molar-refractivity contribution in [2.75, 3.05) is 21.1 Å². The lowest BCUT2D eigenvalue weighted by molar-refractivity contribution is -0.149. The smallest absolute Gasteiger partial charge is 0.245 e. The lowest BCUT2D eigenvalue weighted by Gasteiger charge is -2.36. The molecule has 0 rings (SSSR count). The highest BCUT2D eigenvalue weighted by Crippen LogP contribution is 2.19. The van der Waals surface area contributed by atoms with Crippen LogP contribution in [0.2, 0.25) is 0 Å². The van der Waals surface area contributed by atoms with Gasteiger partial charge in [0.2, 0.25) is 29.5 Å². The summed E-state index contributed by atoms with van der Waals surface area (Å²) in [5, 5.41) is 2.87. The Labute approximate surface area is 236 Å². The number of nitrogens with zero attached hydrogens (tertiary/aromatic N) is 3. The zero-order chi connectivity index (χ0) is 30.6. The second-order valence-corrected chi connectivity index (χ2v) is 11.9. The van der Waals surface area contributed by atoms with Gasteiger partial charge >= 0.3 is 0 Å². The number of carbonyl (C=O) groups excluding carboxylic acids is 5. The van der Waals surface area contributed by atoms with E-state index >= 15 is 0 Å². The van der Waals surface area contributed by atoms with Crippen molar-refractivity contribution in [1.82, 2.24) is 20.0 Å². The molecule has 3 N–H and O–H groups in total. The van der Waals surface area contributed by atoms with Gasteiger partial charge in [0, 0.05) is 27.6 Å². The predicted octanol–water partition coefficient (Wildman–Crippen LogP) is 2.79. The summed E-state index contributed by atoms with van der Waals surface area (Å²) in [6.45, 7) is 15.3. The highest BCUT2D eigenvalue weighted by Gasteiger charge is 2.38. The van der Waals surface area contributed by atoms with Crippen molar-refractivity contribution in [2.45, 2.75) is 118 Å². The minimum atomic E-state index is -0.907. The standard InChI is InChI=1S/C29H55N5O5/c1-12-14-21(32(9)24(35)15-13-2)28(38)34(11)23(17-19(5)6)27(37)31-25(20(7)8)29(39)33(10)22(26(30)36)16-18(3)4/h18-23,25H,12-17H2,1-11H3,(H2,30,36)(H,31,37)/t21-,22+,23+,25+/m1/s1. The number of carbonyl (C=O) groups is 5. The average molecular weight is 554 g/mol. The molecule has 0 aliphatic carbocycles. The summed E-state index contributed by atoms with van der Waals surface area (Å²) in [4.78, 5) is 69.8. The van der Waals surface area contributed by atoms with E-state index in [9.17, 15) is 24.0 Å². The van der Waals surface area contributed by atoms with Crippen molar-refractivity contribution in [3.8, 4) is 0 Å². The first-order chi connectivity index (χ1) is 18.0. The molecule has 0 heterocycles. The Morgan fingerprint density at radius 3 is 1.59 bits per heavy atom. The van der Waals surface area contributed by atoms with E-state index in [1.807, 2.05) is 55.4 Å². The summed E-state index contributed by atoms with van der Waals surface area (Å²) in [5.74, 6) is -1.92. The van der Waals surface area contributed by atoms with Crippen LogP contribution in [0.4, 0.5) is 0 Å². The van der Waals surface area contributed by atoms with Gasteiger partial charge in [-0.05, 0) is 43.4 Å². The fourth-order valence-electron chi connectivity index (χ4n) is 4.64. The Hall–Kier alpha value is -2.65. The third-order valence-corrected chi connectivity index (χ3v) is 7.05. The van der Waals surface area contributed by atoms with Gasteiger partial charge in [-0.25, -0.2) is 0 Å². The summed E-state index contributed by atoms with van der Waals surface area (Å²) in [5.41, 5.74) is 5.60. The van der Waals surface area contributed by atoms with Crippen LogP contribution in [-0.2, 0) is 24.0 Å². The predicted molar refractivity (Wildman–Crippen MR) is 154 cm³/mol. The maximum absolute atomic E-state index is 13.7. The van der Waals surface area contributed by atoms with Crippen LogP contribution in [0.15, 0.2) is 0 Å². The van der Waals surface area contributed by atoms with E-state index in [0.29, 0.717) is 38.5 Å². The van der Waals surface area contributed by atoms with E-state index in [1.54, 1.807) is 14.1 Å². The molecule has 0 aliphatic rings. The molecule has 0 saturated heterocycles. The minimum Gasteiger partial charge on any atom is -0.368 e. The van der Waals surface area contributed by atoms with Crippen LogP contribution in [-0.4, -0.2) is 89.5 Å². The first-order valence-corrected chi connectivity index (χ1v) is 14.4. The molecule has 4 atom stereocenters. The summed E-state index contributed by atoms with van der Waals surface area (Å²) in [6.07, 6.45) is 2.99. The topological polar surface area (TPSA) is 133 Å². The lowest BCUT2D eigenvalue weighted by atomic mass is 9.96. The SMILES string of the molecule is CCCC(=O)N(C)[C@H](CCC)C(=O)N(C)[C@@H](CC(C)C)C(=O)N[C@H](C(=O)N(C)[C@@H](CC(C)C)C(N)=O)C(C)C. The van der Waals surface area contributed by atoms with Gasteiger partial charge in [-0.2, -0.15) is 0 Å². The molecule has 39 heavy (non-hydrogen) atoms. The molecule has 0 aromatic heterocycles. The van der Waals surface area contributed by atoms with Crippen LogP contribution in [0.25, 0.3) is 0 Å². The summed E-state index contributed by atoms with van der Waals surface area (Å²) >= 11 is 0. The van der Waals surface area contributed by atoms with Crippen molar-refractivity contribution in [3.63, 3.8) is 0 Å². The quantitative estimate of drug-likeness (QED) is 0.286. The van der Waals surface area contributed by atoms with Gasteiger partial charge < -0.3 is 25.8 Å². The molecule has 10 nitrogen and oxygen atoms in total. The highest BCUT2D eigenvalue weighted by atomic mass is 16.2. The first-order valence-electron chi connectivity index (χ1n) is 14.4. The van der Waals surface area contributed by atoms with Crippen molar-refractivity contribution in [3.05, 3.63) is 0 Å². The molecule has 0 aromatic carbocycles. The fourth-order valence-corrected chi connectivity index (χ4v) is 4.64. The molecule has 0 fully saturated rings. The lowest BCUT2D eigenvalue weighted by Crippen LogP contribution is -2.60. The van der Waals surface area contributed by atoms with E-state index in [2.05, 4.69) is 5.32 Å². The number of hydrogen-bond donors (Lipinski definition) is 2. The minimum absolute atomic E-state index is 0.0845. The molecule has 5 amide bonds. The van der Waals surface area contributed by atoms with Crippen molar-refractivity contribution < 1.29 is 24.0 Å². The Balaban J connectivity index is 6.10. The Morgan fingerprint density at radius 2 is 1.18 bits per heavy atom. The van der Waals surface area contributed by atoms with Gasteiger partial charge in [0.25, 0.3) is 0 Å². The van der Waals surface area contributed by atoms with Crippen LogP contribution in [0.3, 0.4) is 0 Å². The molecule has 10 heteroatoms. The van der Waals surface area contributed by atoms with E-state index in [-0.39, 0.29) is 29.6 Å². The molecule has 0 saturated carbocycles. The van der Waals surface area contributed by atoms with Gasteiger partial charge in [0.15, 0.2) is 0 Å². The van der Waals surface area contributed by atoms with Crippen molar-refractivity contribution in [1.29, 1.82) is 0 Å². The van der Waals surface area contributed by atoms with Crippen LogP contribution < -0.4 is 11.1 Å². The average Bonchev–Trinajstić information content (AvgIpc) is 2.84. The first kappa shape index (κ1) is 36.4. The molecule has 0 spiro atoms. The largest absolute Gasteiger partial charge is 0.368 e. The van der Waals surface area contributed by atoms with Crippen LogP contribution in [0.1, 0.15) is 93.9 Å². The maximum Gasteiger partial charge on any atom is 0.245 e. The van der Waals surface area contributed by atoms with Gasteiger partial charge in [-0.3, -0.25) is 24.0 Å². The van der Waals surface area contributed by atoms with Gasteiger partial charge in [0.1, 0.15) is 24.2 Å². The number of likely N-dealkylation sites (N-methyl/N-ethyl adjacent to an activating group) is 3. The van der Waals surface area contributed by atoms with E-state index in [1.165, 1.54) is 21.7 Å². The fraction of sp³-hybridized carbons (Fsp3) is 0.828. The number of hydrogen-bond acceptors (Lipinski definition) is 5. The zero-order valence-corrected chi connectivity index (χ0v) is 26.2. The van der Waals surface area contributed by atoms with E-state index in [0.717, 1.165) is 0 Å². The second kappa shape index (κ2) is 17.1. The van der Waals surface area contributed by atoms with Crippen LogP contribution >= 0.6 is 0 Å². The van der Waals surface area contributed by atoms with Crippen LogP contribution in [0.5, 0.6) is 0 Å². The molecule has 0 aromatic rings. The maximum atomic E-state index is 13.7. The molecule has 0 radical (unpaired) electrons. The second-order valence-electron chi connectivity index (χ2n) is 11.9. The highest BCUT2D eigenvalue weighted by molar-refractivity contribution is 5.95. The monoisotopic (exact) mass is 553 g/mol. The summed E-state index contributed by atoms with van der Waals surface area (Å²) < 4.78 is 0. The van der Waals surface area contributed by atoms with Crippen molar-refractivity contribution >= 4 is 29.5 Å².